The number of carbonyl (C=O) groups is 2. The first-order valence-electron chi connectivity index (χ1n) is 3.83. The van der Waals surface area contributed by atoms with E-state index in [0.29, 0.717) is 0 Å². The van der Waals surface area contributed by atoms with E-state index in [0.717, 1.165) is 0 Å². The predicted octanol–water partition coefficient (Wildman–Crippen LogP) is 0.918. The SMILES string of the molecule is CC(CCC(=O)O)NC(=O)C(F)(F)F. The van der Waals surface area contributed by atoms with Crippen molar-refractivity contribution in [1.29, 1.82) is 0 Å². The molecule has 0 aromatic rings. The number of aliphatic carboxylic acids is 1. The van der Waals surface area contributed by atoms with Crippen LogP contribution in [-0.4, -0.2) is 29.2 Å². The summed E-state index contributed by atoms with van der Waals surface area (Å²) in [6.45, 7) is 1.31. The van der Waals surface area contributed by atoms with Crippen molar-refractivity contribution in [2.24, 2.45) is 0 Å². The molecule has 0 rings (SSSR count). The standard InChI is InChI=1S/C7H10F3NO3/c1-4(2-3-5(12)13)11-6(14)7(8,9)10/h4H,2-3H2,1H3,(H,11,14)(H,12,13). The average Bonchev–Trinajstić information content (AvgIpc) is 1.99. The van der Waals surface area contributed by atoms with Crippen molar-refractivity contribution in [3.8, 4) is 0 Å². The van der Waals surface area contributed by atoms with E-state index >= 15 is 0 Å². The maximum Gasteiger partial charge on any atom is 0.471 e. The second-order valence-corrected chi connectivity index (χ2v) is 2.80. The Morgan fingerprint density at radius 2 is 1.93 bits per heavy atom. The normalized spacial score (nSPS) is 13.4. The molecule has 82 valence electrons. The van der Waals surface area contributed by atoms with Crippen LogP contribution in [0, 0.1) is 0 Å². The van der Waals surface area contributed by atoms with Crippen molar-refractivity contribution in [2.45, 2.75) is 32.0 Å². The van der Waals surface area contributed by atoms with Crippen LogP contribution in [0.4, 0.5) is 13.2 Å². The molecule has 0 radical (unpaired) electrons. The van der Waals surface area contributed by atoms with Gasteiger partial charge in [0.15, 0.2) is 0 Å². The predicted molar refractivity (Wildman–Crippen MR) is 40.5 cm³/mol. The fraction of sp³-hybridized carbons (Fsp3) is 0.714. The lowest BCUT2D eigenvalue weighted by atomic mass is 10.2. The molecule has 2 N–H and O–H groups in total. The molecule has 0 aromatic heterocycles. The van der Waals surface area contributed by atoms with Crippen LogP contribution in [0.5, 0.6) is 0 Å². The minimum Gasteiger partial charge on any atom is -0.481 e. The van der Waals surface area contributed by atoms with Crippen molar-refractivity contribution in [3.05, 3.63) is 0 Å². The Bertz CT molecular complexity index is 227. The average molecular weight is 213 g/mol. The molecule has 0 saturated heterocycles. The summed E-state index contributed by atoms with van der Waals surface area (Å²) in [7, 11) is 0. The van der Waals surface area contributed by atoms with E-state index in [-0.39, 0.29) is 12.8 Å². The zero-order valence-corrected chi connectivity index (χ0v) is 7.39. The molecule has 1 unspecified atom stereocenters. The van der Waals surface area contributed by atoms with Crippen LogP contribution in [0.3, 0.4) is 0 Å². The van der Waals surface area contributed by atoms with Gasteiger partial charge in [-0.25, -0.2) is 0 Å². The van der Waals surface area contributed by atoms with Gasteiger partial charge in [-0.15, -0.1) is 0 Å². The van der Waals surface area contributed by atoms with Crippen molar-refractivity contribution >= 4 is 11.9 Å². The third kappa shape index (κ3) is 5.39. The van der Waals surface area contributed by atoms with Gasteiger partial charge >= 0.3 is 18.1 Å². The van der Waals surface area contributed by atoms with Crippen LogP contribution in [0.25, 0.3) is 0 Å². The Kier molecular flexibility index (Phi) is 4.39. The molecule has 1 amide bonds. The van der Waals surface area contributed by atoms with Gasteiger partial charge in [-0.05, 0) is 13.3 Å². The third-order valence-electron chi connectivity index (χ3n) is 1.43. The first-order valence-corrected chi connectivity index (χ1v) is 3.83. The summed E-state index contributed by atoms with van der Waals surface area (Å²) >= 11 is 0. The van der Waals surface area contributed by atoms with Crippen LogP contribution in [0.1, 0.15) is 19.8 Å². The highest BCUT2D eigenvalue weighted by atomic mass is 19.4. The molecule has 0 saturated carbocycles. The summed E-state index contributed by atoms with van der Waals surface area (Å²) in [6.07, 6.45) is -5.23. The highest BCUT2D eigenvalue weighted by Gasteiger charge is 2.39. The maximum atomic E-state index is 11.7. The molecular formula is C7H10F3NO3. The van der Waals surface area contributed by atoms with Gasteiger partial charge in [0.1, 0.15) is 0 Å². The number of carboxylic acids is 1. The second-order valence-electron chi connectivity index (χ2n) is 2.80. The molecule has 0 aliphatic carbocycles. The Morgan fingerprint density at radius 1 is 1.43 bits per heavy atom. The minimum atomic E-state index is -4.92. The Morgan fingerprint density at radius 3 is 2.29 bits per heavy atom. The lowest BCUT2D eigenvalue weighted by molar-refractivity contribution is -0.174. The third-order valence-corrected chi connectivity index (χ3v) is 1.43. The van der Waals surface area contributed by atoms with Crippen LogP contribution in [0.2, 0.25) is 0 Å². The van der Waals surface area contributed by atoms with E-state index in [1.54, 1.807) is 5.32 Å². The number of nitrogens with one attached hydrogen (secondary N) is 1. The smallest absolute Gasteiger partial charge is 0.471 e. The van der Waals surface area contributed by atoms with Gasteiger partial charge in [-0.1, -0.05) is 0 Å². The van der Waals surface area contributed by atoms with Crippen molar-refractivity contribution in [2.75, 3.05) is 0 Å². The molecule has 0 spiro atoms. The first-order chi connectivity index (χ1) is 6.23. The van der Waals surface area contributed by atoms with Gasteiger partial charge in [0.2, 0.25) is 0 Å². The highest BCUT2D eigenvalue weighted by molar-refractivity contribution is 5.81. The Balaban J connectivity index is 3.89. The van der Waals surface area contributed by atoms with Gasteiger partial charge in [0.05, 0.1) is 0 Å². The van der Waals surface area contributed by atoms with Gasteiger partial charge in [-0.2, -0.15) is 13.2 Å². The molecule has 14 heavy (non-hydrogen) atoms. The van der Waals surface area contributed by atoms with Crippen LogP contribution in [0.15, 0.2) is 0 Å². The lowest BCUT2D eigenvalue weighted by Gasteiger charge is -2.13. The monoisotopic (exact) mass is 213 g/mol. The molecule has 0 fully saturated rings. The second kappa shape index (κ2) is 4.83. The number of carbonyl (C=O) groups excluding carboxylic acids is 1. The summed E-state index contributed by atoms with van der Waals surface area (Å²) in [5.74, 6) is -3.16. The van der Waals surface area contributed by atoms with E-state index < -0.39 is 24.1 Å². The van der Waals surface area contributed by atoms with Crippen molar-refractivity contribution in [3.63, 3.8) is 0 Å². The van der Waals surface area contributed by atoms with Gasteiger partial charge < -0.3 is 10.4 Å². The molecule has 4 nitrogen and oxygen atoms in total. The van der Waals surface area contributed by atoms with E-state index in [2.05, 4.69) is 0 Å². The lowest BCUT2D eigenvalue weighted by Crippen LogP contribution is -2.41. The summed E-state index contributed by atoms with van der Waals surface area (Å²) in [4.78, 5) is 20.4. The summed E-state index contributed by atoms with van der Waals surface area (Å²) in [5, 5.41) is 9.87. The summed E-state index contributed by atoms with van der Waals surface area (Å²) in [5.41, 5.74) is 0. The van der Waals surface area contributed by atoms with E-state index in [4.69, 9.17) is 5.11 Å². The molecule has 7 heteroatoms. The fourth-order valence-corrected chi connectivity index (χ4v) is 0.718. The largest absolute Gasteiger partial charge is 0.481 e. The van der Waals surface area contributed by atoms with Crippen molar-refractivity contribution < 1.29 is 27.9 Å². The topological polar surface area (TPSA) is 66.4 Å². The zero-order valence-electron chi connectivity index (χ0n) is 7.39. The maximum absolute atomic E-state index is 11.7. The first kappa shape index (κ1) is 12.7. The fourth-order valence-electron chi connectivity index (χ4n) is 0.718. The van der Waals surface area contributed by atoms with Gasteiger partial charge in [0, 0.05) is 12.5 Å². The Labute approximate surface area is 78.1 Å². The minimum absolute atomic E-state index is 0.0306. The zero-order chi connectivity index (χ0) is 11.4. The molecule has 0 bridgehead atoms. The number of rotatable bonds is 4. The quantitative estimate of drug-likeness (QED) is 0.729. The number of alkyl halides is 3. The summed E-state index contributed by atoms with van der Waals surface area (Å²) in [6, 6.07) is -0.805. The van der Waals surface area contributed by atoms with E-state index in [1.807, 2.05) is 0 Å². The van der Waals surface area contributed by atoms with Crippen molar-refractivity contribution in [1.82, 2.24) is 5.32 Å². The Hall–Kier alpha value is -1.27. The summed E-state index contributed by atoms with van der Waals surface area (Å²) < 4.78 is 35.0. The number of carboxylic acid groups (broad SMARTS) is 1. The van der Waals surface area contributed by atoms with E-state index in [1.165, 1.54) is 6.92 Å². The van der Waals surface area contributed by atoms with Gasteiger partial charge in [0.25, 0.3) is 0 Å². The van der Waals surface area contributed by atoms with Crippen LogP contribution in [-0.2, 0) is 9.59 Å². The number of hydrogen-bond acceptors (Lipinski definition) is 2. The van der Waals surface area contributed by atoms with Crippen LogP contribution >= 0.6 is 0 Å². The number of halogens is 3. The molecular weight excluding hydrogens is 203 g/mol. The molecule has 1 atom stereocenters. The van der Waals surface area contributed by atoms with E-state index in [9.17, 15) is 22.8 Å². The molecule has 0 heterocycles. The highest BCUT2D eigenvalue weighted by Crippen LogP contribution is 2.14. The molecule has 0 aliphatic rings. The molecule has 0 aromatic carbocycles. The van der Waals surface area contributed by atoms with Crippen LogP contribution < -0.4 is 5.32 Å². The number of amides is 1. The number of hydrogen-bond donors (Lipinski definition) is 2. The van der Waals surface area contributed by atoms with Gasteiger partial charge in [-0.3, -0.25) is 9.59 Å². The molecule has 0 aliphatic heterocycles.